The SMILES string of the molecule is CC(=NC(C)n1nc(N)nc1Cc1csc2c1C(C)CC=C2)N=C(C)OCC1=NC2C=CC=CC2S1. The number of aromatic nitrogens is 3. The van der Waals surface area contributed by atoms with Crippen LogP contribution in [0.25, 0.3) is 6.08 Å². The molecule has 4 unspecified atom stereocenters. The summed E-state index contributed by atoms with van der Waals surface area (Å²) in [4.78, 5) is 19.8. The first-order chi connectivity index (χ1) is 17.4. The Morgan fingerprint density at radius 1 is 1.31 bits per heavy atom. The predicted octanol–water partition coefficient (Wildman–Crippen LogP) is 5.41. The maximum atomic E-state index is 6.00. The zero-order chi connectivity index (χ0) is 25.2. The van der Waals surface area contributed by atoms with Crippen molar-refractivity contribution < 1.29 is 4.74 Å². The first-order valence-electron chi connectivity index (χ1n) is 12.2. The van der Waals surface area contributed by atoms with Crippen molar-refractivity contribution in [2.75, 3.05) is 12.3 Å². The van der Waals surface area contributed by atoms with Gasteiger partial charge in [-0.1, -0.05) is 49.1 Å². The maximum Gasteiger partial charge on any atom is 0.239 e. The minimum atomic E-state index is -0.301. The standard InChI is InChI=1S/C26H31N7OS2/c1-15-8-7-11-22-25(15)19(14-35-22)12-23-31-26(27)32-33(23)17(3)28-16(2)29-18(4)34-13-24-30-20-9-5-6-10-21(20)36-24/h5-7,9-11,14-15,17,20-21H,8,12-13H2,1-4H3,(H2,27,32). The van der Waals surface area contributed by atoms with E-state index in [9.17, 15) is 0 Å². The molecule has 2 aliphatic carbocycles. The monoisotopic (exact) mass is 521 g/mol. The smallest absolute Gasteiger partial charge is 0.239 e. The number of thiophene rings is 1. The Bertz CT molecular complexity index is 1310. The van der Waals surface area contributed by atoms with Crippen LogP contribution in [0.2, 0.25) is 0 Å². The van der Waals surface area contributed by atoms with Gasteiger partial charge in [-0.2, -0.15) is 4.98 Å². The van der Waals surface area contributed by atoms with E-state index < -0.39 is 0 Å². The van der Waals surface area contributed by atoms with Crippen molar-refractivity contribution in [3.8, 4) is 0 Å². The average molecular weight is 522 g/mol. The van der Waals surface area contributed by atoms with Gasteiger partial charge in [0.2, 0.25) is 5.95 Å². The number of fused-ring (bicyclic) bond motifs is 2. The van der Waals surface area contributed by atoms with Crippen molar-refractivity contribution in [2.45, 2.75) is 63.9 Å². The van der Waals surface area contributed by atoms with Crippen molar-refractivity contribution in [1.82, 2.24) is 14.8 Å². The number of nitrogens with two attached hydrogens (primary N) is 1. The van der Waals surface area contributed by atoms with Crippen LogP contribution in [-0.2, 0) is 11.2 Å². The Morgan fingerprint density at radius 2 is 2.14 bits per heavy atom. The third-order valence-electron chi connectivity index (χ3n) is 6.33. The minimum Gasteiger partial charge on any atom is -0.474 e. The number of hydrogen-bond donors (Lipinski definition) is 1. The van der Waals surface area contributed by atoms with Crippen LogP contribution in [0.15, 0.2) is 50.7 Å². The van der Waals surface area contributed by atoms with Crippen LogP contribution < -0.4 is 5.73 Å². The molecule has 2 aromatic heterocycles. The van der Waals surface area contributed by atoms with Gasteiger partial charge in [-0.3, -0.25) is 4.99 Å². The zero-order valence-electron chi connectivity index (χ0n) is 21.0. The van der Waals surface area contributed by atoms with E-state index in [1.54, 1.807) is 27.8 Å². The normalized spacial score (nSPS) is 24.0. The molecule has 188 valence electrons. The molecule has 0 saturated carbocycles. The number of aliphatic imine (C=N–C) groups is 3. The second-order valence-electron chi connectivity index (χ2n) is 9.18. The molecule has 3 heterocycles. The number of anilines is 1. The third kappa shape index (κ3) is 5.39. The lowest BCUT2D eigenvalue weighted by molar-refractivity contribution is 0.364. The Kier molecular flexibility index (Phi) is 7.25. The summed E-state index contributed by atoms with van der Waals surface area (Å²) in [5, 5.41) is 8.02. The van der Waals surface area contributed by atoms with Crippen molar-refractivity contribution in [3.05, 3.63) is 57.6 Å². The molecule has 8 nitrogen and oxygen atoms in total. The van der Waals surface area contributed by atoms with Gasteiger partial charge in [0.05, 0.1) is 11.3 Å². The molecule has 0 saturated heterocycles. The van der Waals surface area contributed by atoms with Gasteiger partial charge in [0.25, 0.3) is 0 Å². The molecule has 10 heteroatoms. The maximum absolute atomic E-state index is 6.00. The average Bonchev–Trinajstić information content (AvgIpc) is 3.55. The van der Waals surface area contributed by atoms with E-state index in [0.717, 1.165) is 17.3 Å². The fraction of sp³-hybridized carbons (Fsp3) is 0.423. The van der Waals surface area contributed by atoms with Gasteiger partial charge in [-0.15, -0.1) is 16.4 Å². The largest absolute Gasteiger partial charge is 0.474 e. The minimum absolute atomic E-state index is 0.212. The topological polar surface area (TPSA) is 103 Å². The number of allylic oxidation sites excluding steroid dienone is 3. The molecular weight excluding hydrogens is 490 g/mol. The fourth-order valence-corrected chi connectivity index (χ4v) is 6.91. The van der Waals surface area contributed by atoms with Gasteiger partial charge in [-0.05, 0) is 48.8 Å². The highest BCUT2D eigenvalue weighted by Crippen LogP contribution is 2.37. The Balaban J connectivity index is 1.24. The molecule has 1 aliphatic heterocycles. The van der Waals surface area contributed by atoms with Crippen molar-refractivity contribution in [2.24, 2.45) is 15.0 Å². The second kappa shape index (κ2) is 10.6. The number of hydrogen-bond acceptors (Lipinski definition) is 8. The molecular formula is C26H31N7OS2. The van der Waals surface area contributed by atoms with Gasteiger partial charge >= 0.3 is 0 Å². The van der Waals surface area contributed by atoms with E-state index in [0.29, 0.717) is 35.9 Å². The van der Waals surface area contributed by atoms with Gasteiger partial charge in [0, 0.05) is 18.2 Å². The first kappa shape index (κ1) is 24.7. The molecule has 0 amide bonds. The first-order valence-corrected chi connectivity index (χ1v) is 13.9. The fourth-order valence-electron chi connectivity index (χ4n) is 4.71. The number of amidine groups is 1. The van der Waals surface area contributed by atoms with Crippen LogP contribution in [0.3, 0.4) is 0 Å². The van der Waals surface area contributed by atoms with Crippen LogP contribution >= 0.6 is 23.1 Å². The highest BCUT2D eigenvalue weighted by atomic mass is 32.2. The highest BCUT2D eigenvalue weighted by molar-refractivity contribution is 8.15. The van der Waals surface area contributed by atoms with E-state index >= 15 is 0 Å². The number of nitrogen functional groups attached to an aromatic ring is 1. The highest BCUT2D eigenvalue weighted by Gasteiger charge is 2.27. The molecule has 0 radical (unpaired) electrons. The summed E-state index contributed by atoms with van der Waals surface area (Å²) in [5.41, 5.74) is 8.70. The molecule has 0 fully saturated rings. The van der Waals surface area contributed by atoms with Crippen LogP contribution in [-0.4, -0.2) is 49.4 Å². The van der Waals surface area contributed by atoms with Crippen LogP contribution in [0.4, 0.5) is 5.95 Å². The van der Waals surface area contributed by atoms with E-state index in [-0.39, 0.29) is 18.2 Å². The summed E-state index contributed by atoms with van der Waals surface area (Å²) in [5.74, 6) is 2.72. The Morgan fingerprint density at radius 3 is 2.97 bits per heavy atom. The second-order valence-corrected chi connectivity index (χ2v) is 11.3. The number of nitrogens with zero attached hydrogens (tertiary/aromatic N) is 6. The third-order valence-corrected chi connectivity index (χ3v) is 8.55. The van der Waals surface area contributed by atoms with E-state index in [1.807, 2.05) is 26.8 Å². The number of thioether (sulfide) groups is 1. The molecule has 3 aliphatic rings. The van der Waals surface area contributed by atoms with Crippen molar-refractivity contribution >= 4 is 51.9 Å². The molecule has 5 rings (SSSR count). The number of ether oxygens (including phenoxy) is 1. The summed E-state index contributed by atoms with van der Waals surface area (Å²) < 4.78 is 7.66. The molecule has 2 N–H and O–H groups in total. The molecule has 0 aromatic carbocycles. The lowest BCUT2D eigenvalue weighted by Crippen LogP contribution is -2.13. The Hall–Kier alpha value is -2.98. The van der Waals surface area contributed by atoms with Crippen LogP contribution in [0, 0.1) is 0 Å². The van der Waals surface area contributed by atoms with E-state index in [1.165, 1.54) is 16.0 Å². The molecule has 4 atom stereocenters. The Labute approximate surface area is 219 Å². The molecule has 2 aromatic rings. The predicted molar refractivity (Wildman–Crippen MR) is 151 cm³/mol. The lowest BCUT2D eigenvalue weighted by Gasteiger charge is -2.17. The molecule has 0 spiro atoms. The van der Waals surface area contributed by atoms with Crippen molar-refractivity contribution in [3.63, 3.8) is 0 Å². The van der Waals surface area contributed by atoms with Gasteiger partial charge < -0.3 is 10.5 Å². The lowest BCUT2D eigenvalue weighted by atomic mass is 9.89. The summed E-state index contributed by atoms with van der Waals surface area (Å²) in [6, 6.07) is 0.212. The quantitative estimate of drug-likeness (QED) is 0.404. The zero-order valence-corrected chi connectivity index (χ0v) is 22.6. The number of rotatable bonds is 6. The van der Waals surface area contributed by atoms with E-state index in [2.05, 4.69) is 57.8 Å². The summed E-state index contributed by atoms with van der Waals surface area (Å²) >= 11 is 3.53. The van der Waals surface area contributed by atoms with Crippen LogP contribution in [0.5, 0.6) is 0 Å². The molecule has 36 heavy (non-hydrogen) atoms. The van der Waals surface area contributed by atoms with E-state index in [4.69, 9.17) is 20.5 Å². The summed E-state index contributed by atoms with van der Waals surface area (Å²) in [6.45, 7) is 8.35. The summed E-state index contributed by atoms with van der Waals surface area (Å²) in [7, 11) is 0. The molecule has 0 bridgehead atoms. The summed E-state index contributed by atoms with van der Waals surface area (Å²) in [6.07, 6.45) is 14.3. The van der Waals surface area contributed by atoms with Gasteiger partial charge in [-0.25, -0.2) is 14.7 Å². The van der Waals surface area contributed by atoms with Crippen molar-refractivity contribution in [1.29, 1.82) is 0 Å². The van der Waals surface area contributed by atoms with Gasteiger partial charge in [0.1, 0.15) is 29.5 Å². The van der Waals surface area contributed by atoms with Crippen LogP contribution in [0.1, 0.15) is 68.0 Å². The van der Waals surface area contributed by atoms with Gasteiger partial charge in [0.15, 0.2) is 5.90 Å².